The predicted octanol–water partition coefficient (Wildman–Crippen LogP) is 2.62. The summed E-state index contributed by atoms with van der Waals surface area (Å²) in [5, 5.41) is 19.2. The molecule has 1 fully saturated rings. The van der Waals surface area contributed by atoms with Gasteiger partial charge in [-0.3, -0.25) is 0 Å². The Morgan fingerprint density at radius 3 is 2.40 bits per heavy atom. The number of aryl methyl sites for hydroxylation is 1. The Hall–Kier alpha value is -1.16. The summed E-state index contributed by atoms with van der Waals surface area (Å²) in [5.74, 6) is -0.377. The topological polar surface area (TPSA) is 40.5 Å². The van der Waals surface area contributed by atoms with E-state index in [1.54, 1.807) is 13.0 Å². The number of phenolic OH excluding ortho intramolecular Hbond substituents is 1. The van der Waals surface area contributed by atoms with Crippen molar-refractivity contribution in [2.45, 2.75) is 31.8 Å². The number of hydrogen-bond acceptors (Lipinski definition) is 2. The van der Waals surface area contributed by atoms with Crippen molar-refractivity contribution in [3.63, 3.8) is 0 Å². The summed E-state index contributed by atoms with van der Waals surface area (Å²) in [5.41, 5.74) is -0.483. The Balaban J connectivity index is 2.51. The summed E-state index contributed by atoms with van der Waals surface area (Å²) in [7, 11) is 0. The molecule has 15 heavy (non-hydrogen) atoms. The van der Waals surface area contributed by atoms with Crippen molar-refractivity contribution >= 4 is 0 Å². The predicted molar refractivity (Wildman–Crippen MR) is 50.9 cm³/mol. The van der Waals surface area contributed by atoms with E-state index in [9.17, 15) is 19.0 Å². The minimum absolute atomic E-state index is 0.377. The zero-order chi connectivity index (χ0) is 11.2. The molecule has 0 aromatic heterocycles. The van der Waals surface area contributed by atoms with E-state index in [0.29, 0.717) is 24.0 Å². The van der Waals surface area contributed by atoms with Crippen LogP contribution >= 0.6 is 0 Å². The first-order chi connectivity index (χ1) is 6.94. The lowest BCUT2D eigenvalue weighted by Gasteiger charge is -2.13. The maximum absolute atomic E-state index is 12.6. The summed E-state index contributed by atoms with van der Waals surface area (Å²) in [6.07, 6.45) is -1.52. The van der Waals surface area contributed by atoms with Crippen molar-refractivity contribution in [2.75, 3.05) is 0 Å². The van der Waals surface area contributed by atoms with E-state index in [0.717, 1.165) is 0 Å². The van der Waals surface area contributed by atoms with E-state index in [1.165, 1.54) is 6.07 Å². The normalized spacial score (nSPS) is 18.2. The number of rotatable bonds is 2. The van der Waals surface area contributed by atoms with Crippen LogP contribution in [0.1, 0.15) is 36.0 Å². The average molecular weight is 214 g/mol. The van der Waals surface area contributed by atoms with Crippen molar-refractivity contribution in [2.24, 2.45) is 0 Å². The molecule has 1 saturated carbocycles. The smallest absolute Gasteiger partial charge is 0.267 e. The first kappa shape index (κ1) is 10.4. The highest BCUT2D eigenvalue weighted by molar-refractivity contribution is 5.46. The van der Waals surface area contributed by atoms with E-state index in [4.69, 9.17) is 0 Å². The van der Waals surface area contributed by atoms with Gasteiger partial charge in [-0.2, -0.15) is 0 Å². The van der Waals surface area contributed by atoms with Crippen molar-refractivity contribution in [1.82, 2.24) is 0 Å². The Bertz CT molecular complexity index is 398. The molecule has 0 spiro atoms. The molecular formula is C11H12F2O2. The fourth-order valence-corrected chi connectivity index (χ4v) is 1.65. The molecule has 0 aliphatic heterocycles. The Kier molecular flexibility index (Phi) is 2.19. The van der Waals surface area contributed by atoms with E-state index in [-0.39, 0.29) is 5.75 Å². The van der Waals surface area contributed by atoms with Crippen LogP contribution in [0, 0.1) is 6.92 Å². The number of halogens is 2. The molecule has 0 radical (unpaired) electrons. The first-order valence-electron chi connectivity index (χ1n) is 4.78. The Morgan fingerprint density at radius 2 is 1.93 bits per heavy atom. The molecule has 82 valence electrons. The summed E-state index contributed by atoms with van der Waals surface area (Å²) in [6.45, 7) is 1.55. The molecular weight excluding hydrogens is 202 g/mol. The van der Waals surface area contributed by atoms with Gasteiger partial charge in [-0.05, 0) is 43.0 Å². The van der Waals surface area contributed by atoms with E-state index >= 15 is 0 Å². The third-order valence-corrected chi connectivity index (χ3v) is 2.83. The average Bonchev–Trinajstić information content (AvgIpc) is 2.89. The van der Waals surface area contributed by atoms with Crippen LogP contribution < -0.4 is 0 Å². The van der Waals surface area contributed by atoms with Gasteiger partial charge in [0.2, 0.25) is 0 Å². The van der Waals surface area contributed by atoms with E-state index in [1.807, 2.05) is 0 Å². The van der Waals surface area contributed by atoms with Gasteiger partial charge in [0, 0.05) is 0 Å². The van der Waals surface area contributed by atoms with Gasteiger partial charge in [-0.15, -0.1) is 0 Å². The summed E-state index contributed by atoms with van der Waals surface area (Å²) in [4.78, 5) is 0. The van der Waals surface area contributed by atoms with Crippen LogP contribution in [0.2, 0.25) is 0 Å². The number of aliphatic hydroxyl groups is 1. The van der Waals surface area contributed by atoms with Crippen LogP contribution in [0.15, 0.2) is 12.1 Å². The fraction of sp³-hybridized carbons (Fsp3) is 0.455. The number of phenols is 1. The highest BCUT2D eigenvalue weighted by atomic mass is 19.3. The zero-order valence-electron chi connectivity index (χ0n) is 8.30. The van der Waals surface area contributed by atoms with Crippen molar-refractivity contribution in [1.29, 1.82) is 0 Å². The van der Waals surface area contributed by atoms with Crippen LogP contribution in [0.4, 0.5) is 8.78 Å². The van der Waals surface area contributed by atoms with Gasteiger partial charge in [0.25, 0.3) is 6.43 Å². The number of aromatic hydroxyl groups is 1. The van der Waals surface area contributed by atoms with Gasteiger partial charge in [0.05, 0.1) is 11.2 Å². The standard InChI is InChI=1S/C11H12F2O2/c1-6-4-7(11(15)2-3-11)5-8(9(6)14)10(12)13/h4-5,10,14-15H,2-3H2,1H3. The van der Waals surface area contributed by atoms with Crippen LogP contribution in [0.3, 0.4) is 0 Å². The molecule has 1 aromatic carbocycles. The van der Waals surface area contributed by atoms with Crippen LogP contribution in [0.5, 0.6) is 5.75 Å². The lowest BCUT2D eigenvalue weighted by molar-refractivity contribution is 0.141. The van der Waals surface area contributed by atoms with Gasteiger partial charge in [0.15, 0.2) is 0 Å². The van der Waals surface area contributed by atoms with Crippen molar-refractivity contribution < 1.29 is 19.0 Å². The van der Waals surface area contributed by atoms with Gasteiger partial charge in [-0.1, -0.05) is 0 Å². The molecule has 1 aliphatic rings. The largest absolute Gasteiger partial charge is 0.507 e. The molecule has 2 N–H and O–H groups in total. The molecule has 0 bridgehead atoms. The second-order valence-electron chi connectivity index (χ2n) is 4.06. The van der Waals surface area contributed by atoms with Crippen LogP contribution in [-0.4, -0.2) is 10.2 Å². The zero-order valence-corrected chi connectivity index (χ0v) is 8.30. The molecule has 0 amide bonds. The SMILES string of the molecule is Cc1cc(C2(O)CC2)cc(C(F)F)c1O. The highest BCUT2D eigenvalue weighted by Gasteiger charge is 2.42. The van der Waals surface area contributed by atoms with Gasteiger partial charge >= 0.3 is 0 Å². The minimum Gasteiger partial charge on any atom is -0.507 e. The Labute approximate surface area is 86.2 Å². The number of hydrogen-bond donors (Lipinski definition) is 2. The van der Waals surface area contributed by atoms with Gasteiger partial charge in [0.1, 0.15) is 5.75 Å². The third kappa shape index (κ3) is 1.69. The molecule has 0 unspecified atom stereocenters. The Morgan fingerprint density at radius 1 is 1.33 bits per heavy atom. The maximum atomic E-state index is 12.6. The summed E-state index contributed by atoms with van der Waals surface area (Å²) >= 11 is 0. The lowest BCUT2D eigenvalue weighted by atomic mass is 10.00. The summed E-state index contributed by atoms with van der Waals surface area (Å²) < 4.78 is 25.1. The molecule has 2 rings (SSSR count). The van der Waals surface area contributed by atoms with Crippen LogP contribution in [0.25, 0.3) is 0 Å². The van der Waals surface area contributed by atoms with Crippen LogP contribution in [-0.2, 0) is 5.60 Å². The molecule has 1 aliphatic carbocycles. The second kappa shape index (κ2) is 3.17. The molecule has 0 atom stereocenters. The first-order valence-corrected chi connectivity index (χ1v) is 4.78. The van der Waals surface area contributed by atoms with E-state index < -0.39 is 17.6 Å². The highest BCUT2D eigenvalue weighted by Crippen LogP contribution is 2.47. The molecule has 0 heterocycles. The number of alkyl halides is 2. The quantitative estimate of drug-likeness (QED) is 0.794. The molecule has 2 nitrogen and oxygen atoms in total. The fourth-order valence-electron chi connectivity index (χ4n) is 1.65. The van der Waals surface area contributed by atoms with Gasteiger partial charge < -0.3 is 10.2 Å². The third-order valence-electron chi connectivity index (χ3n) is 2.83. The lowest BCUT2D eigenvalue weighted by Crippen LogP contribution is -2.06. The second-order valence-corrected chi connectivity index (χ2v) is 4.06. The molecule has 4 heteroatoms. The molecule has 1 aromatic rings. The summed E-state index contributed by atoms with van der Waals surface area (Å²) in [6, 6.07) is 2.76. The monoisotopic (exact) mass is 214 g/mol. The molecule has 0 saturated heterocycles. The van der Waals surface area contributed by atoms with Crippen molar-refractivity contribution in [3.8, 4) is 5.75 Å². The van der Waals surface area contributed by atoms with Gasteiger partial charge in [-0.25, -0.2) is 8.78 Å². The maximum Gasteiger partial charge on any atom is 0.267 e. The minimum atomic E-state index is -2.72. The number of benzene rings is 1. The van der Waals surface area contributed by atoms with Crippen molar-refractivity contribution in [3.05, 3.63) is 28.8 Å². The van der Waals surface area contributed by atoms with E-state index in [2.05, 4.69) is 0 Å².